The highest BCUT2D eigenvalue weighted by Gasteiger charge is 2.45. The normalized spacial score (nSPS) is 19.4. The van der Waals surface area contributed by atoms with Crippen LogP contribution in [0.25, 0.3) is 22.3 Å². The molecule has 47 heavy (non-hydrogen) atoms. The Balaban J connectivity index is 1.18. The molecule has 5 aromatic carbocycles. The number of fused-ring (bicyclic) bond motifs is 6. The van der Waals surface area contributed by atoms with Crippen LogP contribution in [0, 0.1) is 0 Å². The quantitative estimate of drug-likeness (QED) is 0.181. The lowest BCUT2D eigenvalue weighted by molar-refractivity contribution is 0.403. The van der Waals surface area contributed by atoms with E-state index >= 15 is 0 Å². The van der Waals surface area contributed by atoms with E-state index in [1.165, 1.54) is 55.4 Å². The van der Waals surface area contributed by atoms with E-state index < -0.39 is 0 Å². The summed E-state index contributed by atoms with van der Waals surface area (Å²) in [4.78, 5) is 0. The number of ether oxygens (including phenoxy) is 2. The third-order valence-corrected chi connectivity index (χ3v) is 11.7. The molecule has 234 valence electrons. The van der Waals surface area contributed by atoms with Crippen LogP contribution in [0.15, 0.2) is 91.0 Å². The largest absolute Gasteiger partial charge is 0.458 e. The van der Waals surface area contributed by atoms with Crippen molar-refractivity contribution < 1.29 is 9.47 Å². The van der Waals surface area contributed by atoms with Crippen LogP contribution in [-0.4, -0.2) is 6.71 Å². The van der Waals surface area contributed by atoms with Crippen molar-refractivity contribution in [1.29, 1.82) is 0 Å². The number of rotatable bonds is 2. The summed E-state index contributed by atoms with van der Waals surface area (Å²) in [6.45, 7) is 19.2. The topological polar surface area (TPSA) is 18.5 Å². The first-order valence-corrected chi connectivity index (χ1v) is 17.3. The van der Waals surface area contributed by atoms with E-state index in [9.17, 15) is 0 Å². The van der Waals surface area contributed by atoms with Gasteiger partial charge in [-0.15, -0.1) is 0 Å². The molecule has 2 heterocycles. The van der Waals surface area contributed by atoms with Crippen molar-refractivity contribution in [3.05, 3.63) is 113 Å². The summed E-state index contributed by atoms with van der Waals surface area (Å²) in [5, 5.41) is 0. The summed E-state index contributed by atoms with van der Waals surface area (Å²) in [6, 6.07) is 33.8. The Labute approximate surface area is 280 Å². The van der Waals surface area contributed by atoms with Crippen molar-refractivity contribution >= 4 is 23.1 Å². The highest BCUT2D eigenvalue weighted by molar-refractivity contribution is 6.98. The maximum absolute atomic E-state index is 6.72. The lowest BCUT2D eigenvalue weighted by Gasteiger charge is -2.33. The second kappa shape index (κ2) is 9.22. The molecule has 0 fully saturated rings. The van der Waals surface area contributed by atoms with Gasteiger partial charge in [0.05, 0.1) is 0 Å². The minimum absolute atomic E-state index is 0.0468. The van der Waals surface area contributed by atoms with Crippen LogP contribution >= 0.6 is 0 Å². The van der Waals surface area contributed by atoms with E-state index in [2.05, 4.69) is 146 Å². The van der Waals surface area contributed by atoms with E-state index in [1.54, 1.807) is 0 Å². The van der Waals surface area contributed by atoms with Crippen LogP contribution in [0.5, 0.6) is 23.0 Å². The zero-order valence-corrected chi connectivity index (χ0v) is 29.0. The molecule has 0 saturated carbocycles. The van der Waals surface area contributed by atoms with E-state index in [0.717, 1.165) is 41.3 Å². The molecule has 2 nitrogen and oxygen atoms in total. The van der Waals surface area contributed by atoms with Gasteiger partial charge in [-0.2, -0.15) is 0 Å². The zero-order chi connectivity index (χ0) is 32.7. The first kappa shape index (κ1) is 28.9. The molecule has 0 unspecified atom stereocenters. The van der Waals surface area contributed by atoms with Gasteiger partial charge in [-0.1, -0.05) is 122 Å². The summed E-state index contributed by atoms with van der Waals surface area (Å²) < 4.78 is 13.4. The number of hydrogen-bond acceptors (Lipinski definition) is 2. The smallest absolute Gasteiger partial charge is 0.260 e. The Bertz CT molecular complexity index is 2020. The monoisotopic (exact) mass is 614 g/mol. The molecule has 2 aliphatic heterocycles. The predicted octanol–water partition coefficient (Wildman–Crippen LogP) is 9.67. The zero-order valence-electron chi connectivity index (χ0n) is 29.0. The Morgan fingerprint density at radius 1 is 0.468 bits per heavy atom. The third kappa shape index (κ3) is 4.05. The van der Waals surface area contributed by atoms with Crippen LogP contribution in [0.4, 0.5) is 0 Å². The Morgan fingerprint density at radius 3 is 1.34 bits per heavy atom. The van der Waals surface area contributed by atoms with E-state index in [1.807, 2.05) is 0 Å². The van der Waals surface area contributed by atoms with Crippen LogP contribution in [-0.2, 0) is 21.7 Å². The molecule has 9 rings (SSSR count). The molecule has 3 heteroatoms. The molecule has 4 aliphatic rings. The lowest BCUT2D eigenvalue weighted by Crippen LogP contribution is -2.57. The molecule has 2 aliphatic carbocycles. The fraction of sp³-hybridized carbons (Fsp3) is 0.318. The maximum atomic E-state index is 6.72. The van der Waals surface area contributed by atoms with Crippen molar-refractivity contribution in [3.8, 4) is 45.3 Å². The van der Waals surface area contributed by atoms with Crippen LogP contribution < -0.4 is 25.9 Å². The number of benzene rings is 5. The first-order chi connectivity index (χ1) is 22.3. The van der Waals surface area contributed by atoms with Crippen LogP contribution in [0.2, 0.25) is 0 Å². The molecule has 0 aromatic heterocycles. The fourth-order valence-electron chi connectivity index (χ4n) is 10.5. The van der Waals surface area contributed by atoms with Gasteiger partial charge in [0, 0.05) is 5.46 Å². The van der Waals surface area contributed by atoms with Crippen molar-refractivity contribution in [2.24, 2.45) is 0 Å². The molecular formula is C44H43BO2. The van der Waals surface area contributed by atoms with Crippen LogP contribution in [0.1, 0.15) is 90.5 Å². The summed E-state index contributed by atoms with van der Waals surface area (Å²) in [5.41, 5.74) is 15.0. The Morgan fingerprint density at radius 2 is 0.894 bits per heavy atom. The predicted molar refractivity (Wildman–Crippen MR) is 196 cm³/mol. The van der Waals surface area contributed by atoms with Gasteiger partial charge >= 0.3 is 0 Å². The van der Waals surface area contributed by atoms with Gasteiger partial charge in [0.15, 0.2) is 0 Å². The minimum Gasteiger partial charge on any atom is -0.458 e. The molecule has 0 spiro atoms. The van der Waals surface area contributed by atoms with Crippen molar-refractivity contribution in [2.75, 3.05) is 0 Å². The SMILES string of the molecule is CC1(C)CC(C)(C)c2c(-c3ccc4c(c3)Oc3cccc5c3B4c3ccc(-c4cccc6c4C(C)(C)CC6(C)C)cc3O5)cccc21. The molecule has 0 bridgehead atoms. The van der Waals surface area contributed by atoms with Gasteiger partial charge in [0.1, 0.15) is 23.0 Å². The second-order valence-electron chi connectivity index (χ2n) is 17.2. The number of hydrogen-bond donors (Lipinski definition) is 0. The van der Waals surface area contributed by atoms with Gasteiger partial charge in [0.25, 0.3) is 6.71 Å². The van der Waals surface area contributed by atoms with Gasteiger partial charge in [0.2, 0.25) is 0 Å². The van der Waals surface area contributed by atoms with Crippen molar-refractivity contribution in [3.63, 3.8) is 0 Å². The summed E-state index contributed by atoms with van der Waals surface area (Å²) in [6.07, 6.45) is 2.29. The average Bonchev–Trinajstić information content (AvgIpc) is 3.35. The molecule has 0 saturated heterocycles. The second-order valence-corrected chi connectivity index (χ2v) is 17.2. The highest BCUT2D eigenvalue weighted by atomic mass is 16.5. The summed E-state index contributed by atoms with van der Waals surface area (Å²) >= 11 is 0. The molecule has 0 atom stereocenters. The molecule has 0 N–H and O–H groups in total. The molecule has 0 amide bonds. The third-order valence-electron chi connectivity index (χ3n) is 11.7. The highest BCUT2D eigenvalue weighted by Crippen LogP contribution is 2.54. The molecule has 0 radical (unpaired) electrons. The fourth-order valence-corrected chi connectivity index (χ4v) is 10.5. The van der Waals surface area contributed by atoms with E-state index in [0.29, 0.717) is 0 Å². The average molecular weight is 615 g/mol. The Hall–Kier alpha value is -4.24. The van der Waals surface area contributed by atoms with Gasteiger partial charge in [-0.25, -0.2) is 0 Å². The Kier molecular flexibility index (Phi) is 5.68. The maximum Gasteiger partial charge on any atom is 0.260 e. The standard InChI is InChI=1S/C44H43BO2/c1-41(2)24-43(5,6)38-28(12-9-14-30(38)41)26-18-20-32-36(22-26)46-34-16-11-17-35-40(34)45(32)33-21-19-27(23-37(33)47-35)29-13-10-15-31-39(29)44(7,8)25-42(31,3)4/h9-23H,24-25H2,1-8H3. The summed E-state index contributed by atoms with van der Waals surface area (Å²) in [5.74, 6) is 3.64. The first-order valence-electron chi connectivity index (χ1n) is 17.3. The minimum atomic E-state index is 0.0468. The molecular weight excluding hydrogens is 571 g/mol. The summed E-state index contributed by atoms with van der Waals surface area (Å²) in [7, 11) is 0. The van der Waals surface area contributed by atoms with Crippen molar-refractivity contribution in [2.45, 2.75) is 89.9 Å². The molecule has 5 aromatic rings. The van der Waals surface area contributed by atoms with Crippen LogP contribution in [0.3, 0.4) is 0 Å². The van der Waals surface area contributed by atoms with Gasteiger partial charge in [-0.3, -0.25) is 0 Å². The van der Waals surface area contributed by atoms with Gasteiger partial charge in [-0.05, 0) is 114 Å². The van der Waals surface area contributed by atoms with Crippen molar-refractivity contribution in [1.82, 2.24) is 0 Å². The lowest BCUT2D eigenvalue weighted by atomic mass is 9.35. The van der Waals surface area contributed by atoms with Gasteiger partial charge < -0.3 is 9.47 Å². The van der Waals surface area contributed by atoms with E-state index in [-0.39, 0.29) is 28.4 Å². The van der Waals surface area contributed by atoms with E-state index in [4.69, 9.17) is 9.47 Å².